The summed E-state index contributed by atoms with van der Waals surface area (Å²) in [5, 5.41) is 1.85. The summed E-state index contributed by atoms with van der Waals surface area (Å²) < 4.78 is 13.2. The molecule has 0 fully saturated rings. The zero-order valence-corrected chi connectivity index (χ0v) is 11.0. The molecule has 5 heteroatoms. The molecule has 0 aliphatic rings. The van der Waals surface area contributed by atoms with E-state index in [4.69, 9.17) is 17.3 Å². The fourth-order valence-electron chi connectivity index (χ4n) is 1.61. The molecular formula is C13H11ClFNOS. The number of carbonyl (C=O) groups is 1. The normalized spacial score (nSPS) is 12.4. The van der Waals surface area contributed by atoms with Crippen LogP contribution in [0, 0.1) is 5.82 Å². The van der Waals surface area contributed by atoms with Crippen LogP contribution in [-0.2, 0) is 11.2 Å². The van der Waals surface area contributed by atoms with Crippen LogP contribution in [0.25, 0.3) is 0 Å². The molecule has 2 N–H and O–H groups in total. The molecule has 0 radical (unpaired) electrons. The van der Waals surface area contributed by atoms with E-state index in [1.54, 1.807) is 12.1 Å². The third kappa shape index (κ3) is 2.77. The van der Waals surface area contributed by atoms with E-state index in [0.29, 0.717) is 5.56 Å². The standard InChI is InChI=1S/C13H11ClFNOS/c14-12-8(3-1-4-9(12)15)7-10(17)13(16)11-5-2-6-18-11/h1-6,13H,7,16H2. The first-order valence-corrected chi connectivity index (χ1v) is 6.60. The van der Waals surface area contributed by atoms with Crippen LogP contribution in [0.5, 0.6) is 0 Å². The van der Waals surface area contributed by atoms with E-state index in [2.05, 4.69) is 0 Å². The minimum absolute atomic E-state index is 0.00997. The average Bonchev–Trinajstić information content (AvgIpc) is 2.87. The van der Waals surface area contributed by atoms with Crippen molar-refractivity contribution >= 4 is 28.7 Å². The van der Waals surface area contributed by atoms with E-state index in [1.165, 1.54) is 23.5 Å². The van der Waals surface area contributed by atoms with Gasteiger partial charge in [-0.15, -0.1) is 11.3 Å². The van der Waals surface area contributed by atoms with Crippen molar-refractivity contribution in [1.82, 2.24) is 0 Å². The smallest absolute Gasteiger partial charge is 0.159 e. The van der Waals surface area contributed by atoms with E-state index >= 15 is 0 Å². The molecule has 0 aliphatic carbocycles. The van der Waals surface area contributed by atoms with Crippen LogP contribution in [0.2, 0.25) is 5.02 Å². The zero-order valence-electron chi connectivity index (χ0n) is 9.40. The Labute approximate surface area is 113 Å². The topological polar surface area (TPSA) is 43.1 Å². The van der Waals surface area contributed by atoms with Crippen molar-refractivity contribution in [3.63, 3.8) is 0 Å². The molecule has 0 saturated carbocycles. The first kappa shape index (κ1) is 13.2. The number of halogens is 2. The predicted octanol–water partition coefficient (Wildman–Crippen LogP) is 3.35. The van der Waals surface area contributed by atoms with Crippen LogP contribution in [0.15, 0.2) is 35.7 Å². The van der Waals surface area contributed by atoms with Crippen LogP contribution in [0.1, 0.15) is 16.5 Å². The number of rotatable bonds is 4. The van der Waals surface area contributed by atoms with Gasteiger partial charge < -0.3 is 5.73 Å². The maximum absolute atomic E-state index is 13.2. The average molecular weight is 284 g/mol. The quantitative estimate of drug-likeness (QED) is 0.935. The monoisotopic (exact) mass is 283 g/mol. The van der Waals surface area contributed by atoms with Gasteiger partial charge in [0, 0.05) is 11.3 Å². The van der Waals surface area contributed by atoms with E-state index in [1.807, 2.05) is 11.4 Å². The number of hydrogen-bond acceptors (Lipinski definition) is 3. The first-order chi connectivity index (χ1) is 8.59. The Morgan fingerprint density at radius 3 is 2.83 bits per heavy atom. The number of hydrogen-bond donors (Lipinski definition) is 1. The summed E-state index contributed by atoms with van der Waals surface area (Å²) in [4.78, 5) is 12.8. The third-order valence-electron chi connectivity index (χ3n) is 2.59. The van der Waals surface area contributed by atoms with Gasteiger partial charge in [0.25, 0.3) is 0 Å². The molecule has 0 amide bonds. The lowest BCUT2D eigenvalue weighted by Crippen LogP contribution is -2.22. The summed E-state index contributed by atoms with van der Waals surface area (Å²) in [5.74, 6) is -0.698. The van der Waals surface area contributed by atoms with Crippen LogP contribution in [0.4, 0.5) is 4.39 Å². The Morgan fingerprint density at radius 1 is 1.39 bits per heavy atom. The van der Waals surface area contributed by atoms with Crippen molar-refractivity contribution < 1.29 is 9.18 Å². The Balaban J connectivity index is 2.14. The summed E-state index contributed by atoms with van der Waals surface area (Å²) in [5.41, 5.74) is 6.31. The minimum atomic E-state index is -0.677. The number of Topliss-reactive ketones (excluding diaryl/α,β-unsaturated/α-hetero) is 1. The zero-order chi connectivity index (χ0) is 13.1. The highest BCUT2D eigenvalue weighted by Crippen LogP contribution is 2.23. The van der Waals surface area contributed by atoms with Gasteiger partial charge in [0.2, 0.25) is 0 Å². The molecular weight excluding hydrogens is 273 g/mol. The lowest BCUT2D eigenvalue weighted by atomic mass is 10.0. The van der Waals surface area contributed by atoms with Crippen molar-refractivity contribution in [3.8, 4) is 0 Å². The molecule has 2 rings (SSSR count). The summed E-state index contributed by atoms with van der Waals surface area (Å²) in [7, 11) is 0. The summed E-state index contributed by atoms with van der Waals surface area (Å²) >= 11 is 7.23. The molecule has 1 unspecified atom stereocenters. The fraction of sp³-hybridized carbons (Fsp3) is 0.154. The molecule has 1 atom stereocenters. The van der Waals surface area contributed by atoms with Crippen LogP contribution in [0.3, 0.4) is 0 Å². The summed E-state index contributed by atoms with van der Waals surface area (Å²) in [6, 6.07) is 7.38. The van der Waals surface area contributed by atoms with Crippen LogP contribution < -0.4 is 5.73 Å². The van der Waals surface area contributed by atoms with Crippen LogP contribution in [-0.4, -0.2) is 5.78 Å². The maximum atomic E-state index is 13.2. The van der Waals surface area contributed by atoms with Gasteiger partial charge in [0.05, 0.1) is 11.1 Å². The van der Waals surface area contributed by atoms with Gasteiger partial charge in [0.15, 0.2) is 5.78 Å². The second-order valence-electron chi connectivity index (χ2n) is 3.85. The number of thiophene rings is 1. The molecule has 0 saturated heterocycles. The second-order valence-corrected chi connectivity index (χ2v) is 5.21. The highest BCUT2D eigenvalue weighted by molar-refractivity contribution is 7.10. The van der Waals surface area contributed by atoms with Gasteiger partial charge in [-0.25, -0.2) is 4.39 Å². The lowest BCUT2D eigenvalue weighted by molar-refractivity contribution is -0.119. The van der Waals surface area contributed by atoms with E-state index in [-0.39, 0.29) is 17.2 Å². The van der Waals surface area contributed by atoms with Gasteiger partial charge in [-0.05, 0) is 23.1 Å². The molecule has 1 aromatic carbocycles. The highest BCUT2D eigenvalue weighted by atomic mass is 35.5. The number of nitrogens with two attached hydrogens (primary N) is 1. The maximum Gasteiger partial charge on any atom is 0.159 e. The Hall–Kier alpha value is -1.23. The van der Waals surface area contributed by atoms with Gasteiger partial charge in [0.1, 0.15) is 5.82 Å². The minimum Gasteiger partial charge on any atom is -0.317 e. The molecule has 1 heterocycles. The van der Waals surface area contributed by atoms with E-state index in [0.717, 1.165) is 4.88 Å². The van der Waals surface area contributed by atoms with E-state index < -0.39 is 11.9 Å². The van der Waals surface area contributed by atoms with Crippen molar-refractivity contribution in [2.45, 2.75) is 12.5 Å². The molecule has 0 aliphatic heterocycles. The Kier molecular flexibility index (Phi) is 4.11. The number of ketones is 1. The summed E-state index contributed by atoms with van der Waals surface area (Å²) in [6.07, 6.45) is 0.0374. The van der Waals surface area contributed by atoms with Crippen molar-refractivity contribution in [2.24, 2.45) is 5.73 Å². The van der Waals surface area contributed by atoms with Crippen molar-refractivity contribution in [1.29, 1.82) is 0 Å². The highest BCUT2D eigenvalue weighted by Gasteiger charge is 2.18. The van der Waals surface area contributed by atoms with Gasteiger partial charge in [-0.3, -0.25) is 4.79 Å². The summed E-state index contributed by atoms with van der Waals surface area (Å²) in [6.45, 7) is 0. The Bertz CT molecular complexity index is 556. The largest absolute Gasteiger partial charge is 0.317 e. The Morgan fingerprint density at radius 2 is 2.17 bits per heavy atom. The molecule has 0 spiro atoms. The molecule has 2 nitrogen and oxygen atoms in total. The lowest BCUT2D eigenvalue weighted by Gasteiger charge is -2.09. The number of carbonyl (C=O) groups excluding carboxylic acids is 1. The predicted molar refractivity (Wildman–Crippen MR) is 71.4 cm³/mol. The number of benzene rings is 1. The van der Waals surface area contributed by atoms with Crippen LogP contribution >= 0.6 is 22.9 Å². The first-order valence-electron chi connectivity index (χ1n) is 5.34. The fourth-order valence-corrected chi connectivity index (χ4v) is 2.55. The molecule has 2 aromatic rings. The van der Waals surface area contributed by atoms with Gasteiger partial charge in [-0.1, -0.05) is 29.8 Å². The van der Waals surface area contributed by atoms with Crippen molar-refractivity contribution in [3.05, 3.63) is 57.0 Å². The SMILES string of the molecule is NC(C(=O)Cc1cccc(F)c1Cl)c1cccs1. The third-order valence-corrected chi connectivity index (χ3v) is 3.97. The second kappa shape index (κ2) is 5.61. The van der Waals surface area contributed by atoms with Crippen molar-refractivity contribution in [2.75, 3.05) is 0 Å². The molecule has 1 aromatic heterocycles. The van der Waals surface area contributed by atoms with E-state index in [9.17, 15) is 9.18 Å². The molecule has 0 bridgehead atoms. The van der Waals surface area contributed by atoms with Gasteiger partial charge >= 0.3 is 0 Å². The molecule has 94 valence electrons. The molecule has 18 heavy (non-hydrogen) atoms. The van der Waals surface area contributed by atoms with Gasteiger partial charge in [-0.2, -0.15) is 0 Å².